The summed E-state index contributed by atoms with van der Waals surface area (Å²) < 4.78 is 31.0. The van der Waals surface area contributed by atoms with Crippen LogP contribution in [0, 0.1) is 5.92 Å². The maximum Gasteiger partial charge on any atom is 0.326 e. The van der Waals surface area contributed by atoms with Crippen molar-refractivity contribution >= 4 is 16.0 Å². The SMILES string of the molecule is O=C(O)C1(S(=O)(=O)N2CCC(CCc3ccccc3)CC2)CCOCC1. The Hall–Kier alpha value is -1.44. The van der Waals surface area contributed by atoms with Crippen molar-refractivity contribution in [1.82, 2.24) is 4.31 Å². The van der Waals surface area contributed by atoms with Crippen LogP contribution in [0.5, 0.6) is 0 Å². The minimum Gasteiger partial charge on any atom is -0.480 e. The topological polar surface area (TPSA) is 83.9 Å². The van der Waals surface area contributed by atoms with E-state index in [1.165, 1.54) is 9.87 Å². The molecule has 1 aromatic carbocycles. The molecule has 0 unspecified atom stereocenters. The Morgan fingerprint density at radius 1 is 1.15 bits per heavy atom. The van der Waals surface area contributed by atoms with E-state index in [0.29, 0.717) is 19.0 Å². The Balaban J connectivity index is 1.60. The van der Waals surface area contributed by atoms with Crippen molar-refractivity contribution in [3.63, 3.8) is 0 Å². The number of ether oxygens (including phenoxy) is 1. The third-order valence-corrected chi connectivity index (χ3v) is 8.40. The molecule has 0 amide bonds. The number of rotatable bonds is 6. The van der Waals surface area contributed by atoms with Crippen molar-refractivity contribution in [3.05, 3.63) is 35.9 Å². The third kappa shape index (κ3) is 3.80. The predicted molar refractivity (Wildman–Crippen MR) is 98.4 cm³/mol. The largest absolute Gasteiger partial charge is 0.480 e. The minimum absolute atomic E-state index is 0.0264. The van der Waals surface area contributed by atoms with Gasteiger partial charge in [-0.1, -0.05) is 30.3 Å². The number of carboxylic acid groups (broad SMARTS) is 1. The lowest BCUT2D eigenvalue weighted by molar-refractivity contribution is -0.142. The molecule has 0 bridgehead atoms. The van der Waals surface area contributed by atoms with Gasteiger partial charge in [0.05, 0.1) is 0 Å². The monoisotopic (exact) mass is 381 g/mol. The van der Waals surface area contributed by atoms with Crippen LogP contribution in [-0.2, 0) is 26.0 Å². The van der Waals surface area contributed by atoms with E-state index in [9.17, 15) is 18.3 Å². The number of hydrogen-bond donors (Lipinski definition) is 1. The Morgan fingerprint density at radius 2 is 1.77 bits per heavy atom. The fourth-order valence-corrected chi connectivity index (χ4v) is 6.07. The molecule has 0 radical (unpaired) electrons. The highest BCUT2D eigenvalue weighted by molar-refractivity contribution is 7.91. The van der Waals surface area contributed by atoms with Crippen LogP contribution in [0.4, 0.5) is 0 Å². The maximum atomic E-state index is 13.1. The van der Waals surface area contributed by atoms with Crippen LogP contribution in [0.3, 0.4) is 0 Å². The Morgan fingerprint density at radius 3 is 2.35 bits per heavy atom. The molecule has 2 saturated heterocycles. The lowest BCUT2D eigenvalue weighted by Crippen LogP contribution is -2.57. The van der Waals surface area contributed by atoms with Crippen molar-refractivity contribution in [1.29, 1.82) is 0 Å². The summed E-state index contributed by atoms with van der Waals surface area (Å²) >= 11 is 0. The highest BCUT2D eigenvalue weighted by Gasteiger charge is 2.54. The molecule has 2 aliphatic rings. The van der Waals surface area contributed by atoms with E-state index in [0.717, 1.165) is 25.7 Å². The number of nitrogens with zero attached hydrogens (tertiary/aromatic N) is 1. The highest BCUT2D eigenvalue weighted by Crippen LogP contribution is 2.35. The van der Waals surface area contributed by atoms with Gasteiger partial charge in [-0.2, -0.15) is 0 Å². The molecule has 2 fully saturated rings. The van der Waals surface area contributed by atoms with Gasteiger partial charge in [0.25, 0.3) is 0 Å². The summed E-state index contributed by atoms with van der Waals surface area (Å²) in [5.74, 6) is -0.760. The Bertz CT molecular complexity index is 705. The average Bonchev–Trinajstić information content (AvgIpc) is 2.68. The van der Waals surface area contributed by atoms with Gasteiger partial charge in [-0.15, -0.1) is 0 Å². The van der Waals surface area contributed by atoms with Gasteiger partial charge >= 0.3 is 5.97 Å². The number of hydrogen-bond acceptors (Lipinski definition) is 4. The molecule has 1 aromatic rings. The summed E-state index contributed by atoms with van der Waals surface area (Å²) in [5, 5.41) is 9.66. The molecule has 6 nitrogen and oxygen atoms in total. The Kier molecular flexibility index (Phi) is 5.99. The zero-order valence-electron chi connectivity index (χ0n) is 15.0. The quantitative estimate of drug-likeness (QED) is 0.817. The van der Waals surface area contributed by atoms with Gasteiger partial charge in [0.15, 0.2) is 4.75 Å². The smallest absolute Gasteiger partial charge is 0.326 e. The molecule has 3 rings (SSSR count). The van der Waals surface area contributed by atoms with Gasteiger partial charge < -0.3 is 9.84 Å². The first-order chi connectivity index (χ1) is 12.5. The van der Waals surface area contributed by atoms with Crippen LogP contribution in [0.15, 0.2) is 30.3 Å². The van der Waals surface area contributed by atoms with E-state index in [1.807, 2.05) is 18.2 Å². The molecule has 1 N–H and O–H groups in total. The maximum absolute atomic E-state index is 13.1. The van der Waals surface area contributed by atoms with E-state index in [4.69, 9.17) is 4.74 Å². The molecular formula is C19H27NO5S. The zero-order valence-corrected chi connectivity index (χ0v) is 15.8. The van der Waals surface area contributed by atoms with E-state index in [-0.39, 0.29) is 26.1 Å². The standard InChI is InChI=1S/C19H27NO5S/c21-18(22)19(10-14-25-15-11-19)26(23,24)20-12-8-17(9-13-20)7-6-16-4-2-1-3-5-16/h1-5,17H,6-15H2,(H,21,22). The summed E-state index contributed by atoms with van der Waals surface area (Å²) in [6.07, 6.45) is 3.66. The number of carboxylic acids is 1. The van der Waals surface area contributed by atoms with Crippen LogP contribution < -0.4 is 0 Å². The first kappa shape index (κ1) is 19.3. The summed E-state index contributed by atoms with van der Waals surface area (Å²) in [6.45, 7) is 1.19. The van der Waals surface area contributed by atoms with Crippen molar-refractivity contribution < 1.29 is 23.1 Å². The van der Waals surface area contributed by atoms with E-state index >= 15 is 0 Å². The molecule has 0 atom stereocenters. The van der Waals surface area contributed by atoms with Crippen molar-refractivity contribution in [2.75, 3.05) is 26.3 Å². The van der Waals surface area contributed by atoms with Gasteiger partial charge in [-0.05, 0) is 37.2 Å². The molecule has 26 heavy (non-hydrogen) atoms. The van der Waals surface area contributed by atoms with Crippen LogP contribution in [0.1, 0.15) is 37.7 Å². The van der Waals surface area contributed by atoms with Crippen LogP contribution in [0.25, 0.3) is 0 Å². The summed E-state index contributed by atoms with van der Waals surface area (Å²) in [5.41, 5.74) is 1.30. The molecule has 0 spiro atoms. The lowest BCUT2D eigenvalue weighted by Gasteiger charge is -2.39. The third-order valence-electron chi connectivity index (χ3n) is 5.78. The van der Waals surface area contributed by atoms with Gasteiger partial charge in [0.2, 0.25) is 10.0 Å². The normalized spacial score (nSPS) is 22.2. The number of carbonyl (C=O) groups is 1. The van der Waals surface area contributed by atoms with Crippen LogP contribution in [-0.4, -0.2) is 54.8 Å². The molecule has 0 aliphatic carbocycles. The van der Waals surface area contributed by atoms with E-state index < -0.39 is 20.7 Å². The van der Waals surface area contributed by atoms with Crippen molar-refractivity contribution in [3.8, 4) is 0 Å². The Labute approximate surface area is 155 Å². The van der Waals surface area contributed by atoms with Gasteiger partial charge in [0.1, 0.15) is 0 Å². The summed E-state index contributed by atoms with van der Waals surface area (Å²) in [6, 6.07) is 10.3. The van der Waals surface area contributed by atoms with Gasteiger partial charge in [0, 0.05) is 39.1 Å². The molecule has 0 aromatic heterocycles. The predicted octanol–water partition coefficient (Wildman–Crippen LogP) is 2.29. The zero-order chi connectivity index (χ0) is 18.6. The van der Waals surface area contributed by atoms with Gasteiger partial charge in [-0.25, -0.2) is 12.7 Å². The molecule has 7 heteroatoms. The molecule has 2 heterocycles. The summed E-state index contributed by atoms with van der Waals surface area (Å²) in [7, 11) is -3.88. The van der Waals surface area contributed by atoms with Crippen molar-refractivity contribution in [2.24, 2.45) is 5.92 Å². The minimum atomic E-state index is -3.88. The number of piperidine rings is 1. The molecule has 0 saturated carbocycles. The first-order valence-corrected chi connectivity index (χ1v) is 10.7. The van der Waals surface area contributed by atoms with E-state index in [2.05, 4.69) is 12.1 Å². The fourth-order valence-electron chi connectivity index (χ4n) is 3.98. The number of benzene rings is 1. The second-order valence-corrected chi connectivity index (χ2v) is 9.53. The highest BCUT2D eigenvalue weighted by atomic mass is 32.2. The van der Waals surface area contributed by atoms with E-state index in [1.54, 1.807) is 0 Å². The second-order valence-electron chi connectivity index (χ2n) is 7.28. The van der Waals surface area contributed by atoms with Crippen molar-refractivity contribution in [2.45, 2.75) is 43.3 Å². The lowest BCUT2D eigenvalue weighted by atomic mass is 9.91. The molecule has 144 valence electrons. The van der Waals surface area contributed by atoms with Gasteiger partial charge in [-0.3, -0.25) is 4.79 Å². The second kappa shape index (κ2) is 8.06. The number of aliphatic carboxylic acids is 1. The number of sulfonamides is 1. The van der Waals surface area contributed by atoms with Crippen LogP contribution >= 0.6 is 0 Å². The molecular weight excluding hydrogens is 354 g/mol. The average molecular weight is 381 g/mol. The first-order valence-electron chi connectivity index (χ1n) is 9.30. The van der Waals surface area contributed by atoms with Crippen LogP contribution in [0.2, 0.25) is 0 Å². The summed E-state index contributed by atoms with van der Waals surface area (Å²) in [4.78, 5) is 11.8. The number of aryl methyl sites for hydroxylation is 1. The fraction of sp³-hybridized carbons (Fsp3) is 0.632. The molecule has 2 aliphatic heterocycles.